The predicted molar refractivity (Wildman–Crippen MR) is 12.3 cm³/mol. The first-order valence-electron chi connectivity index (χ1n) is 1.17. The predicted octanol–water partition coefficient (Wildman–Crippen LogP) is 0.672. The van der Waals surface area contributed by atoms with Crippen LogP contribution in [0.25, 0.3) is 0 Å². The number of hydrogen-bond acceptors (Lipinski definition) is 3. The van der Waals surface area contributed by atoms with Crippen molar-refractivity contribution < 1.29 is 45.2 Å². The molecule has 0 aliphatic rings. The summed E-state index contributed by atoms with van der Waals surface area (Å²) in [5, 5.41) is 0. The van der Waals surface area contributed by atoms with Crippen molar-refractivity contribution in [2.75, 3.05) is 0 Å². The molecule has 0 fully saturated rings. The Hall–Kier alpha value is 0.254. The molecule has 0 aliphatic carbocycles. The van der Waals surface area contributed by atoms with Crippen LogP contribution in [0.2, 0.25) is 0 Å². The Balaban J connectivity index is 0. The Morgan fingerprint density at radius 2 is 1.12 bits per heavy atom. The van der Waals surface area contributed by atoms with Crippen LogP contribution in [-0.2, 0) is 31.6 Å². The quantitative estimate of drug-likeness (QED) is 0.583. The molecular formula is BF3MnO3. The van der Waals surface area contributed by atoms with Crippen molar-refractivity contribution in [1.82, 2.24) is 0 Å². The van der Waals surface area contributed by atoms with E-state index < -0.39 is 7.32 Å². The molecule has 0 N–H and O–H groups in total. The fourth-order valence-electron chi connectivity index (χ4n) is 0.0412. The molecule has 8 heavy (non-hydrogen) atoms. The van der Waals surface area contributed by atoms with E-state index in [2.05, 4.69) is 14.6 Å². The summed E-state index contributed by atoms with van der Waals surface area (Å²) < 4.78 is 31.3. The van der Waals surface area contributed by atoms with Gasteiger partial charge >= 0.3 is 7.32 Å². The van der Waals surface area contributed by atoms with Crippen LogP contribution >= 0.6 is 0 Å². The molecule has 0 spiro atoms. The number of hydrogen-bond donors (Lipinski definition) is 0. The molecule has 0 aromatic carbocycles. The zero-order chi connectivity index (χ0) is 5.70. The first-order chi connectivity index (χ1) is 3.35. The van der Waals surface area contributed by atoms with Gasteiger partial charge in [0.05, 0.1) is 0 Å². The van der Waals surface area contributed by atoms with Gasteiger partial charge < -0.3 is 0 Å². The Kier molecular flexibility index (Phi) is 10.1. The van der Waals surface area contributed by atoms with Crippen LogP contribution in [0.5, 0.6) is 0 Å². The van der Waals surface area contributed by atoms with Gasteiger partial charge in [0.25, 0.3) is 0 Å². The van der Waals surface area contributed by atoms with Gasteiger partial charge in [-0.25, -0.2) is 0 Å². The molecule has 0 heterocycles. The topological polar surface area (TPSA) is 27.7 Å². The van der Waals surface area contributed by atoms with Crippen LogP contribution in [0.1, 0.15) is 0 Å². The molecule has 8 heteroatoms. The number of halogens is 3. The van der Waals surface area contributed by atoms with E-state index in [0.717, 1.165) is 0 Å². The minimum atomic E-state index is -2.51. The average molecular weight is 171 g/mol. The van der Waals surface area contributed by atoms with Crippen LogP contribution in [0.15, 0.2) is 0 Å². The van der Waals surface area contributed by atoms with Crippen molar-refractivity contribution >= 4 is 7.32 Å². The molecule has 1 radical (unpaired) electrons. The smallest absolute Gasteiger partial charge is 0.185 e. The third-order valence-electron chi connectivity index (χ3n) is 0.218. The molecule has 0 aliphatic heterocycles. The minimum absolute atomic E-state index is 0. The van der Waals surface area contributed by atoms with Gasteiger partial charge in [0.1, 0.15) is 0 Å². The fourth-order valence-corrected chi connectivity index (χ4v) is 0.0412. The van der Waals surface area contributed by atoms with Gasteiger partial charge in [-0.15, -0.1) is 0 Å². The second-order valence-corrected chi connectivity index (χ2v) is 0.556. The summed E-state index contributed by atoms with van der Waals surface area (Å²) in [4.78, 5) is 7.06. The molecule has 49 valence electrons. The van der Waals surface area contributed by atoms with Gasteiger partial charge in [-0.1, -0.05) is 13.6 Å². The fraction of sp³-hybridized carbons (Fsp3) is 0. The monoisotopic (exact) mass is 171 g/mol. The Labute approximate surface area is 53.4 Å². The van der Waals surface area contributed by atoms with E-state index in [4.69, 9.17) is 0 Å². The van der Waals surface area contributed by atoms with Crippen molar-refractivity contribution in [1.29, 1.82) is 0 Å². The molecule has 0 aromatic rings. The molecular weight excluding hydrogens is 171 g/mol. The third-order valence-corrected chi connectivity index (χ3v) is 0.218. The second-order valence-electron chi connectivity index (χ2n) is 0.556. The summed E-state index contributed by atoms with van der Waals surface area (Å²) in [5.74, 6) is 0. The summed E-state index contributed by atoms with van der Waals surface area (Å²) in [7, 11) is -2.51. The second kappa shape index (κ2) is 7.25. The molecule has 0 rings (SSSR count). The van der Waals surface area contributed by atoms with E-state index in [1.54, 1.807) is 0 Å². The van der Waals surface area contributed by atoms with E-state index >= 15 is 0 Å². The zero-order valence-electron chi connectivity index (χ0n) is 3.31. The Morgan fingerprint density at radius 1 is 0.875 bits per heavy atom. The molecule has 0 aromatic heterocycles. The maximum Gasteiger partial charge on any atom is 0.737 e. The molecule has 3 nitrogen and oxygen atoms in total. The maximum absolute atomic E-state index is 10.4. The van der Waals surface area contributed by atoms with Crippen LogP contribution in [0.3, 0.4) is 0 Å². The molecule has 0 bridgehead atoms. The zero-order valence-corrected chi connectivity index (χ0v) is 4.49. The van der Waals surface area contributed by atoms with Gasteiger partial charge in [-0.2, -0.15) is 14.6 Å². The van der Waals surface area contributed by atoms with E-state index in [9.17, 15) is 13.6 Å². The Morgan fingerprint density at radius 3 is 1.12 bits per heavy atom. The third kappa shape index (κ3) is 4.41. The van der Waals surface area contributed by atoms with Gasteiger partial charge in [-0.3, -0.25) is 0 Å². The largest absolute Gasteiger partial charge is 0.737 e. The van der Waals surface area contributed by atoms with Crippen LogP contribution < -0.4 is 0 Å². The first-order valence-corrected chi connectivity index (χ1v) is 1.17. The standard InChI is InChI=1S/BF3O3.Mn/c2-5-1(6-3)7-4;. The summed E-state index contributed by atoms with van der Waals surface area (Å²) in [6.45, 7) is 0. The van der Waals surface area contributed by atoms with E-state index in [1.165, 1.54) is 0 Å². The molecule has 0 saturated carbocycles. The van der Waals surface area contributed by atoms with Gasteiger partial charge in [0, 0.05) is 17.1 Å². The van der Waals surface area contributed by atoms with Gasteiger partial charge in [0.15, 0.2) is 0 Å². The summed E-state index contributed by atoms with van der Waals surface area (Å²) in [6, 6.07) is 0. The van der Waals surface area contributed by atoms with Crippen molar-refractivity contribution in [2.45, 2.75) is 0 Å². The molecule has 0 atom stereocenters. The van der Waals surface area contributed by atoms with Crippen LogP contribution in [0, 0.1) is 0 Å². The summed E-state index contributed by atoms with van der Waals surface area (Å²) in [6.07, 6.45) is 0. The molecule has 0 saturated heterocycles. The SMILES string of the molecule is FOB(OF)OF.[Mn]. The average Bonchev–Trinajstić information content (AvgIpc) is 1.72. The van der Waals surface area contributed by atoms with Crippen LogP contribution in [-0.4, -0.2) is 7.32 Å². The van der Waals surface area contributed by atoms with Crippen LogP contribution in [0.4, 0.5) is 13.6 Å². The Bertz CT molecular complexity index is 36.0. The maximum atomic E-state index is 10.4. The molecule has 0 unspecified atom stereocenters. The van der Waals surface area contributed by atoms with E-state index in [1.807, 2.05) is 0 Å². The summed E-state index contributed by atoms with van der Waals surface area (Å²) in [5.41, 5.74) is 0. The molecule has 0 amide bonds. The number of rotatable bonds is 3. The van der Waals surface area contributed by atoms with Gasteiger partial charge in [0.2, 0.25) is 0 Å². The first kappa shape index (κ1) is 11.1. The van der Waals surface area contributed by atoms with E-state index in [0.29, 0.717) is 0 Å². The van der Waals surface area contributed by atoms with Crippen molar-refractivity contribution in [3.8, 4) is 0 Å². The minimum Gasteiger partial charge on any atom is -0.185 e. The van der Waals surface area contributed by atoms with Crippen molar-refractivity contribution in [2.24, 2.45) is 0 Å². The van der Waals surface area contributed by atoms with E-state index in [-0.39, 0.29) is 17.1 Å². The van der Waals surface area contributed by atoms with Gasteiger partial charge in [-0.05, 0) is 0 Å². The van der Waals surface area contributed by atoms with Crippen molar-refractivity contribution in [3.63, 3.8) is 0 Å². The normalized spacial score (nSPS) is 7.88. The summed E-state index contributed by atoms with van der Waals surface area (Å²) >= 11 is 0. The van der Waals surface area contributed by atoms with Crippen molar-refractivity contribution in [3.05, 3.63) is 0 Å².